The van der Waals surface area contributed by atoms with Crippen LogP contribution in [0.25, 0.3) is 0 Å². The Morgan fingerprint density at radius 2 is 2.14 bits per heavy atom. The molecule has 0 radical (unpaired) electrons. The molecule has 116 valence electrons. The van der Waals surface area contributed by atoms with Crippen molar-refractivity contribution in [3.05, 3.63) is 35.4 Å². The molecule has 1 heterocycles. The lowest BCUT2D eigenvalue weighted by atomic mass is 10.1. The predicted octanol–water partition coefficient (Wildman–Crippen LogP) is 1.31. The quantitative estimate of drug-likeness (QED) is 0.770. The van der Waals surface area contributed by atoms with E-state index in [4.69, 9.17) is 22.7 Å². The molecule has 21 heavy (non-hydrogen) atoms. The van der Waals surface area contributed by atoms with E-state index in [1.807, 2.05) is 0 Å². The molecule has 0 amide bonds. The average Bonchev–Trinajstić information content (AvgIpc) is 2.46. The van der Waals surface area contributed by atoms with Crippen molar-refractivity contribution in [2.24, 2.45) is 5.73 Å². The average molecular weight is 328 g/mol. The molecule has 2 rings (SSSR count). The minimum atomic E-state index is -3.44. The van der Waals surface area contributed by atoms with Crippen LogP contribution in [0.2, 0.25) is 0 Å². The third-order valence-corrected chi connectivity index (χ3v) is 4.95. The summed E-state index contributed by atoms with van der Waals surface area (Å²) in [5.41, 5.74) is 6.84. The van der Waals surface area contributed by atoms with E-state index in [-0.39, 0.29) is 16.8 Å². The second kappa shape index (κ2) is 7.31. The summed E-state index contributed by atoms with van der Waals surface area (Å²) in [6, 6.07) is 7.02. The molecule has 1 fully saturated rings. The van der Waals surface area contributed by atoms with Crippen molar-refractivity contribution >= 4 is 27.2 Å². The van der Waals surface area contributed by atoms with Gasteiger partial charge in [-0.2, -0.15) is 0 Å². The number of sulfonamides is 1. The molecule has 7 heteroatoms. The number of rotatable bonds is 6. The standard InChI is InChI=1S/C14H20N2O3S2/c15-14(20)13-7-2-1-5-11(13)10-21(17,18)16-9-12-6-3-4-8-19-12/h1-2,5,7,12,16H,3-4,6,8-10H2,(H2,15,20). The maximum atomic E-state index is 12.2. The van der Waals surface area contributed by atoms with Gasteiger partial charge in [0.05, 0.1) is 11.9 Å². The first-order valence-corrected chi connectivity index (χ1v) is 9.00. The molecule has 0 spiro atoms. The summed E-state index contributed by atoms with van der Waals surface area (Å²) >= 11 is 4.95. The minimum Gasteiger partial charge on any atom is -0.389 e. The molecule has 1 aliphatic rings. The highest BCUT2D eigenvalue weighted by Crippen LogP contribution is 2.14. The highest BCUT2D eigenvalue weighted by atomic mass is 32.2. The van der Waals surface area contributed by atoms with E-state index in [0.717, 1.165) is 19.3 Å². The number of benzene rings is 1. The van der Waals surface area contributed by atoms with Crippen molar-refractivity contribution in [1.29, 1.82) is 0 Å². The topological polar surface area (TPSA) is 81.4 Å². The first kappa shape index (κ1) is 16.4. The van der Waals surface area contributed by atoms with Gasteiger partial charge in [0.1, 0.15) is 4.99 Å². The van der Waals surface area contributed by atoms with Gasteiger partial charge in [-0.1, -0.05) is 36.5 Å². The normalized spacial score (nSPS) is 19.3. The fourth-order valence-corrected chi connectivity index (χ4v) is 3.73. The van der Waals surface area contributed by atoms with Gasteiger partial charge in [-0.05, 0) is 24.8 Å². The number of nitrogens with one attached hydrogen (secondary N) is 1. The van der Waals surface area contributed by atoms with Crippen LogP contribution in [-0.2, 0) is 20.5 Å². The Kier molecular flexibility index (Phi) is 5.69. The van der Waals surface area contributed by atoms with Gasteiger partial charge in [0.2, 0.25) is 10.0 Å². The van der Waals surface area contributed by atoms with Gasteiger partial charge in [0.25, 0.3) is 0 Å². The van der Waals surface area contributed by atoms with Crippen molar-refractivity contribution in [1.82, 2.24) is 4.72 Å². The molecular weight excluding hydrogens is 308 g/mol. The zero-order chi connectivity index (χ0) is 15.3. The predicted molar refractivity (Wildman–Crippen MR) is 86.5 cm³/mol. The molecule has 1 saturated heterocycles. The van der Waals surface area contributed by atoms with E-state index in [9.17, 15) is 8.42 Å². The highest BCUT2D eigenvalue weighted by molar-refractivity contribution is 7.88. The van der Waals surface area contributed by atoms with Crippen LogP contribution in [0, 0.1) is 0 Å². The Hall–Kier alpha value is -1.02. The van der Waals surface area contributed by atoms with Crippen LogP contribution in [0.5, 0.6) is 0 Å². The van der Waals surface area contributed by atoms with E-state index in [1.54, 1.807) is 24.3 Å². The van der Waals surface area contributed by atoms with Crippen LogP contribution in [-0.4, -0.2) is 32.7 Å². The minimum absolute atomic E-state index is 0.0284. The molecule has 1 aliphatic heterocycles. The lowest BCUT2D eigenvalue weighted by Gasteiger charge is -2.22. The van der Waals surface area contributed by atoms with E-state index in [0.29, 0.717) is 24.3 Å². The molecular formula is C14H20N2O3S2. The molecule has 3 N–H and O–H groups in total. The Morgan fingerprint density at radius 3 is 2.81 bits per heavy atom. The second-order valence-corrected chi connectivity index (χ2v) is 7.36. The van der Waals surface area contributed by atoms with Crippen LogP contribution in [0.15, 0.2) is 24.3 Å². The van der Waals surface area contributed by atoms with Crippen LogP contribution in [0.3, 0.4) is 0 Å². The van der Waals surface area contributed by atoms with Gasteiger partial charge in [0, 0.05) is 18.7 Å². The summed E-state index contributed by atoms with van der Waals surface area (Å²) in [5, 5.41) is 0. The molecule has 1 unspecified atom stereocenters. The van der Waals surface area contributed by atoms with Crippen molar-refractivity contribution in [2.45, 2.75) is 31.1 Å². The summed E-state index contributed by atoms with van der Waals surface area (Å²) in [5.74, 6) is -0.132. The lowest BCUT2D eigenvalue weighted by molar-refractivity contribution is 0.0200. The number of hydrogen-bond donors (Lipinski definition) is 2. The number of ether oxygens (including phenoxy) is 1. The maximum absolute atomic E-state index is 12.2. The van der Waals surface area contributed by atoms with Crippen molar-refractivity contribution in [2.75, 3.05) is 13.2 Å². The van der Waals surface area contributed by atoms with Gasteiger partial charge in [0.15, 0.2) is 0 Å². The molecule has 0 aliphatic carbocycles. The summed E-state index contributed by atoms with van der Waals surface area (Å²) in [6.07, 6.45) is 2.99. The molecule has 0 bridgehead atoms. The summed E-state index contributed by atoms with van der Waals surface area (Å²) in [4.78, 5) is 0.205. The Labute approximate surface area is 130 Å². The van der Waals surface area contributed by atoms with Crippen LogP contribution in [0.4, 0.5) is 0 Å². The fourth-order valence-electron chi connectivity index (χ4n) is 2.33. The van der Waals surface area contributed by atoms with Gasteiger partial charge < -0.3 is 10.5 Å². The van der Waals surface area contributed by atoms with Gasteiger partial charge in [-0.3, -0.25) is 0 Å². The Bertz CT molecular complexity index is 596. The molecule has 1 aromatic carbocycles. The van der Waals surface area contributed by atoms with E-state index in [2.05, 4.69) is 4.72 Å². The maximum Gasteiger partial charge on any atom is 0.215 e. The summed E-state index contributed by atoms with van der Waals surface area (Å²) < 4.78 is 32.5. The third-order valence-electron chi connectivity index (χ3n) is 3.43. The smallest absolute Gasteiger partial charge is 0.215 e. The third kappa shape index (κ3) is 5.03. The fraction of sp³-hybridized carbons (Fsp3) is 0.500. The summed E-state index contributed by atoms with van der Waals surface area (Å²) in [6.45, 7) is 1.02. The summed E-state index contributed by atoms with van der Waals surface area (Å²) in [7, 11) is -3.44. The molecule has 1 atom stereocenters. The van der Waals surface area contributed by atoms with E-state index in [1.165, 1.54) is 0 Å². The monoisotopic (exact) mass is 328 g/mol. The van der Waals surface area contributed by atoms with Crippen LogP contribution in [0.1, 0.15) is 30.4 Å². The lowest BCUT2D eigenvalue weighted by Crippen LogP contribution is -2.36. The van der Waals surface area contributed by atoms with Crippen molar-refractivity contribution < 1.29 is 13.2 Å². The zero-order valence-corrected chi connectivity index (χ0v) is 13.4. The highest BCUT2D eigenvalue weighted by Gasteiger charge is 2.19. The molecule has 1 aromatic rings. The molecule has 5 nitrogen and oxygen atoms in total. The van der Waals surface area contributed by atoms with Crippen LogP contribution < -0.4 is 10.5 Å². The first-order valence-electron chi connectivity index (χ1n) is 6.94. The SMILES string of the molecule is NC(=S)c1ccccc1CS(=O)(=O)NCC1CCCCO1. The number of nitrogens with two attached hydrogens (primary N) is 1. The molecule has 0 aromatic heterocycles. The van der Waals surface area contributed by atoms with Gasteiger partial charge >= 0.3 is 0 Å². The van der Waals surface area contributed by atoms with Gasteiger partial charge in [-0.25, -0.2) is 13.1 Å². The van der Waals surface area contributed by atoms with E-state index >= 15 is 0 Å². The number of thiocarbonyl (C=S) groups is 1. The van der Waals surface area contributed by atoms with Crippen molar-refractivity contribution in [3.63, 3.8) is 0 Å². The van der Waals surface area contributed by atoms with Crippen LogP contribution >= 0.6 is 12.2 Å². The Balaban J connectivity index is 1.99. The first-order chi connectivity index (χ1) is 9.98. The van der Waals surface area contributed by atoms with E-state index < -0.39 is 10.0 Å². The number of hydrogen-bond acceptors (Lipinski definition) is 4. The van der Waals surface area contributed by atoms with Gasteiger partial charge in [-0.15, -0.1) is 0 Å². The zero-order valence-electron chi connectivity index (χ0n) is 11.7. The largest absolute Gasteiger partial charge is 0.389 e. The van der Waals surface area contributed by atoms with Crippen molar-refractivity contribution in [3.8, 4) is 0 Å². The Morgan fingerprint density at radius 1 is 1.38 bits per heavy atom. The molecule has 0 saturated carbocycles. The second-order valence-electron chi connectivity index (χ2n) is 5.12.